The predicted molar refractivity (Wildman–Crippen MR) is 86.4 cm³/mol. The third-order valence-electron chi connectivity index (χ3n) is 4.03. The fourth-order valence-electron chi connectivity index (χ4n) is 2.76. The first-order chi connectivity index (χ1) is 11.5. The topological polar surface area (TPSA) is 81.2 Å². The van der Waals surface area contributed by atoms with Gasteiger partial charge < -0.3 is 4.42 Å². The number of oxazole rings is 1. The van der Waals surface area contributed by atoms with Gasteiger partial charge in [0, 0.05) is 31.8 Å². The van der Waals surface area contributed by atoms with Crippen molar-refractivity contribution in [1.82, 2.24) is 19.1 Å². The molecule has 3 heterocycles. The normalized spacial score (nSPS) is 15.4. The molecule has 0 unspecified atom stereocenters. The van der Waals surface area contributed by atoms with Gasteiger partial charge in [-0.3, -0.25) is 4.68 Å². The van der Waals surface area contributed by atoms with E-state index in [2.05, 4.69) is 10.1 Å². The highest BCUT2D eigenvalue weighted by Gasteiger charge is 2.32. The lowest BCUT2D eigenvalue weighted by Crippen LogP contribution is -2.35. The molecule has 8 heteroatoms. The van der Waals surface area contributed by atoms with Crippen LogP contribution >= 0.6 is 0 Å². The van der Waals surface area contributed by atoms with Gasteiger partial charge >= 0.3 is 0 Å². The molecule has 0 saturated carbocycles. The first-order valence-electron chi connectivity index (χ1n) is 7.57. The van der Waals surface area contributed by atoms with Crippen molar-refractivity contribution in [1.29, 1.82) is 0 Å². The SMILES string of the molecule is Cn1cc(S(=O)(=O)N2CCc3oc(-c4ccccc4)nc3C2)cn1. The highest BCUT2D eigenvalue weighted by molar-refractivity contribution is 7.89. The quantitative estimate of drug-likeness (QED) is 0.724. The van der Waals surface area contributed by atoms with Crippen LogP contribution in [0.4, 0.5) is 0 Å². The Bertz CT molecular complexity index is 976. The minimum absolute atomic E-state index is 0.195. The van der Waals surface area contributed by atoms with Crippen molar-refractivity contribution >= 4 is 10.0 Å². The predicted octanol–water partition coefficient (Wildman–Crippen LogP) is 1.82. The fraction of sp³-hybridized carbons (Fsp3) is 0.250. The van der Waals surface area contributed by atoms with Crippen LogP contribution in [-0.2, 0) is 30.0 Å². The van der Waals surface area contributed by atoms with Crippen molar-refractivity contribution in [3.63, 3.8) is 0 Å². The number of hydrogen-bond donors (Lipinski definition) is 0. The van der Waals surface area contributed by atoms with E-state index in [1.807, 2.05) is 30.3 Å². The summed E-state index contributed by atoms with van der Waals surface area (Å²) in [5.41, 5.74) is 1.56. The molecule has 0 N–H and O–H groups in total. The van der Waals surface area contributed by atoms with E-state index in [1.54, 1.807) is 7.05 Å². The van der Waals surface area contributed by atoms with Crippen molar-refractivity contribution in [2.24, 2.45) is 7.05 Å². The van der Waals surface area contributed by atoms with E-state index < -0.39 is 10.0 Å². The second-order valence-electron chi connectivity index (χ2n) is 5.69. The van der Waals surface area contributed by atoms with E-state index in [9.17, 15) is 8.42 Å². The molecule has 124 valence electrons. The van der Waals surface area contributed by atoms with Crippen molar-refractivity contribution in [2.75, 3.05) is 6.54 Å². The largest absolute Gasteiger partial charge is 0.441 e. The third kappa shape index (κ3) is 2.53. The first-order valence-corrected chi connectivity index (χ1v) is 9.01. The van der Waals surface area contributed by atoms with Crippen molar-refractivity contribution in [3.05, 3.63) is 54.2 Å². The molecule has 0 atom stereocenters. The van der Waals surface area contributed by atoms with Crippen LogP contribution in [0.3, 0.4) is 0 Å². The van der Waals surface area contributed by atoms with Gasteiger partial charge in [-0.15, -0.1) is 0 Å². The summed E-state index contributed by atoms with van der Waals surface area (Å²) in [5.74, 6) is 1.28. The van der Waals surface area contributed by atoms with Gasteiger partial charge in [0.1, 0.15) is 10.7 Å². The smallest absolute Gasteiger partial charge is 0.246 e. The zero-order valence-electron chi connectivity index (χ0n) is 13.1. The molecule has 3 aromatic rings. The Morgan fingerprint density at radius 1 is 1.21 bits per heavy atom. The number of benzene rings is 1. The average molecular weight is 344 g/mol. The van der Waals surface area contributed by atoms with Gasteiger partial charge in [-0.2, -0.15) is 9.40 Å². The fourth-order valence-corrected chi connectivity index (χ4v) is 4.15. The lowest BCUT2D eigenvalue weighted by molar-refractivity contribution is 0.362. The molecule has 1 aliphatic heterocycles. The maximum atomic E-state index is 12.7. The molecule has 24 heavy (non-hydrogen) atoms. The number of aryl methyl sites for hydroxylation is 1. The molecule has 0 aliphatic carbocycles. The van der Waals surface area contributed by atoms with Gasteiger partial charge in [-0.25, -0.2) is 13.4 Å². The molecular weight excluding hydrogens is 328 g/mol. The van der Waals surface area contributed by atoms with Crippen molar-refractivity contribution in [3.8, 4) is 11.5 Å². The molecule has 4 rings (SSSR count). The third-order valence-corrected chi connectivity index (χ3v) is 5.83. The number of fused-ring (bicyclic) bond motifs is 1. The van der Waals surface area contributed by atoms with Crippen LogP contribution in [0.5, 0.6) is 0 Å². The summed E-state index contributed by atoms with van der Waals surface area (Å²) in [7, 11) is -1.88. The maximum absolute atomic E-state index is 12.7. The van der Waals surface area contributed by atoms with Gasteiger partial charge in [0.25, 0.3) is 0 Å². The van der Waals surface area contributed by atoms with Gasteiger partial charge in [-0.1, -0.05) is 18.2 Å². The monoisotopic (exact) mass is 344 g/mol. The zero-order chi connectivity index (χ0) is 16.7. The standard InChI is InChI=1S/C16H16N4O3S/c1-19-10-13(9-17-19)24(21,22)20-8-7-15-14(11-20)18-16(23-15)12-5-3-2-4-6-12/h2-6,9-10H,7-8,11H2,1H3. The lowest BCUT2D eigenvalue weighted by Gasteiger charge is -2.23. The van der Waals surface area contributed by atoms with Gasteiger partial charge in [0.15, 0.2) is 0 Å². The minimum Gasteiger partial charge on any atom is -0.441 e. The Morgan fingerprint density at radius 3 is 2.71 bits per heavy atom. The molecular formula is C16H16N4O3S. The van der Waals surface area contributed by atoms with Gasteiger partial charge in [0.2, 0.25) is 15.9 Å². The van der Waals surface area contributed by atoms with E-state index in [0.29, 0.717) is 24.6 Å². The van der Waals surface area contributed by atoms with E-state index >= 15 is 0 Å². The molecule has 1 aromatic carbocycles. The Morgan fingerprint density at radius 2 is 2.00 bits per heavy atom. The van der Waals surface area contributed by atoms with E-state index in [1.165, 1.54) is 21.4 Å². The van der Waals surface area contributed by atoms with E-state index in [-0.39, 0.29) is 11.4 Å². The molecule has 0 radical (unpaired) electrons. The summed E-state index contributed by atoms with van der Waals surface area (Å²) in [4.78, 5) is 4.68. The number of hydrogen-bond acceptors (Lipinski definition) is 5. The molecule has 1 aliphatic rings. The first kappa shape index (κ1) is 15.1. The van der Waals surface area contributed by atoms with Gasteiger partial charge in [-0.05, 0) is 12.1 Å². The summed E-state index contributed by atoms with van der Waals surface area (Å²) in [6.07, 6.45) is 3.38. The molecule has 2 aromatic heterocycles. The Balaban J connectivity index is 1.63. The zero-order valence-corrected chi connectivity index (χ0v) is 13.9. The second kappa shape index (κ2) is 5.57. The van der Waals surface area contributed by atoms with Gasteiger partial charge in [0.05, 0.1) is 18.4 Å². The van der Waals surface area contributed by atoms with Crippen molar-refractivity contribution in [2.45, 2.75) is 17.9 Å². The molecule has 0 spiro atoms. The Hall–Kier alpha value is -2.45. The van der Waals surface area contributed by atoms with E-state index in [4.69, 9.17) is 4.42 Å². The van der Waals surface area contributed by atoms with Crippen LogP contribution in [0, 0.1) is 0 Å². The highest BCUT2D eigenvalue weighted by atomic mass is 32.2. The molecule has 7 nitrogen and oxygen atoms in total. The second-order valence-corrected chi connectivity index (χ2v) is 7.63. The van der Waals surface area contributed by atoms with Crippen LogP contribution in [-0.4, -0.2) is 34.0 Å². The summed E-state index contributed by atoms with van der Waals surface area (Å²) in [5, 5.41) is 3.94. The van der Waals surface area contributed by atoms with Crippen LogP contribution in [0.2, 0.25) is 0 Å². The number of aromatic nitrogens is 3. The number of rotatable bonds is 3. The van der Waals surface area contributed by atoms with Crippen molar-refractivity contribution < 1.29 is 12.8 Å². The minimum atomic E-state index is -3.57. The summed E-state index contributed by atoms with van der Waals surface area (Å²) in [6, 6.07) is 9.59. The summed E-state index contributed by atoms with van der Waals surface area (Å²) >= 11 is 0. The summed E-state index contributed by atoms with van der Waals surface area (Å²) < 4.78 is 34.1. The lowest BCUT2D eigenvalue weighted by atomic mass is 10.2. The number of sulfonamides is 1. The van der Waals surface area contributed by atoms with E-state index in [0.717, 1.165) is 11.3 Å². The molecule has 0 bridgehead atoms. The van der Waals surface area contributed by atoms with Crippen LogP contribution < -0.4 is 0 Å². The van der Waals surface area contributed by atoms with Crippen LogP contribution in [0.25, 0.3) is 11.5 Å². The average Bonchev–Trinajstić information content (AvgIpc) is 3.21. The highest BCUT2D eigenvalue weighted by Crippen LogP contribution is 2.28. The summed E-state index contributed by atoms with van der Waals surface area (Å²) in [6.45, 7) is 0.580. The molecule has 0 saturated heterocycles. The molecule has 0 amide bonds. The molecule has 0 fully saturated rings. The van der Waals surface area contributed by atoms with Crippen LogP contribution in [0.1, 0.15) is 11.5 Å². The number of nitrogens with zero attached hydrogens (tertiary/aromatic N) is 4. The Labute approximate surface area is 139 Å². The maximum Gasteiger partial charge on any atom is 0.246 e. The van der Waals surface area contributed by atoms with Crippen LogP contribution in [0.15, 0.2) is 52.0 Å². The Kier molecular flexibility index (Phi) is 3.50.